The topological polar surface area (TPSA) is 58.6 Å². The molecule has 0 aliphatic heterocycles. The molecular formula is C19H21NO3. The maximum absolute atomic E-state index is 10.9. The van der Waals surface area contributed by atoms with Crippen LogP contribution in [0, 0.1) is 0 Å². The van der Waals surface area contributed by atoms with Crippen molar-refractivity contribution in [2.45, 2.75) is 31.8 Å². The van der Waals surface area contributed by atoms with Crippen molar-refractivity contribution in [2.75, 3.05) is 7.11 Å². The number of benzene rings is 2. The van der Waals surface area contributed by atoms with Gasteiger partial charge in [-0.15, -0.1) is 0 Å². The van der Waals surface area contributed by atoms with Crippen molar-refractivity contribution < 1.29 is 14.6 Å². The molecule has 2 N–H and O–H groups in total. The predicted octanol–water partition coefficient (Wildman–Crippen LogP) is 3.04. The highest BCUT2D eigenvalue weighted by Gasteiger charge is 2.21. The summed E-state index contributed by atoms with van der Waals surface area (Å²) in [7, 11) is 1.72. The quantitative estimate of drug-likeness (QED) is 0.891. The van der Waals surface area contributed by atoms with E-state index in [1.807, 2.05) is 18.2 Å². The summed E-state index contributed by atoms with van der Waals surface area (Å²) < 4.78 is 5.48. The van der Waals surface area contributed by atoms with Crippen LogP contribution >= 0.6 is 0 Å². The van der Waals surface area contributed by atoms with E-state index >= 15 is 0 Å². The first kappa shape index (κ1) is 15.6. The minimum absolute atomic E-state index is 0.324. The molecule has 0 aromatic heterocycles. The van der Waals surface area contributed by atoms with Gasteiger partial charge in [0.2, 0.25) is 0 Å². The number of carbonyl (C=O) groups is 1. The highest BCUT2D eigenvalue weighted by atomic mass is 16.5. The zero-order valence-corrected chi connectivity index (χ0v) is 13.2. The Morgan fingerprint density at radius 1 is 1.26 bits per heavy atom. The first-order chi connectivity index (χ1) is 11.2. The fourth-order valence-electron chi connectivity index (χ4n) is 3.15. The maximum Gasteiger partial charge on any atom is 0.335 e. The Kier molecular flexibility index (Phi) is 4.63. The van der Waals surface area contributed by atoms with Gasteiger partial charge in [0.25, 0.3) is 0 Å². The number of nitrogens with one attached hydrogen (secondary N) is 1. The van der Waals surface area contributed by atoms with Gasteiger partial charge in [-0.25, -0.2) is 4.79 Å². The van der Waals surface area contributed by atoms with Gasteiger partial charge in [0, 0.05) is 12.6 Å². The minimum atomic E-state index is -0.888. The Morgan fingerprint density at radius 3 is 2.74 bits per heavy atom. The molecule has 2 aromatic carbocycles. The lowest BCUT2D eigenvalue weighted by atomic mass is 9.87. The van der Waals surface area contributed by atoms with E-state index in [1.54, 1.807) is 19.2 Å². The van der Waals surface area contributed by atoms with Crippen LogP contribution in [0.25, 0.3) is 0 Å². The van der Waals surface area contributed by atoms with Gasteiger partial charge in [-0.05, 0) is 54.2 Å². The van der Waals surface area contributed by atoms with Gasteiger partial charge in [-0.2, -0.15) is 0 Å². The number of hydrogen-bond donors (Lipinski definition) is 2. The lowest BCUT2D eigenvalue weighted by molar-refractivity contribution is 0.0697. The Labute approximate surface area is 136 Å². The SMILES string of the molecule is COc1cccc2c1CC(NCc1ccc(C(=O)O)cc1)CC2. The Bertz CT molecular complexity index is 680. The van der Waals surface area contributed by atoms with Crippen molar-refractivity contribution in [3.05, 3.63) is 64.7 Å². The zero-order chi connectivity index (χ0) is 16.2. The van der Waals surface area contributed by atoms with E-state index in [2.05, 4.69) is 17.4 Å². The molecule has 4 heteroatoms. The second kappa shape index (κ2) is 6.84. The largest absolute Gasteiger partial charge is 0.496 e. The summed E-state index contributed by atoms with van der Waals surface area (Å²) in [5, 5.41) is 12.5. The van der Waals surface area contributed by atoms with Crippen LogP contribution in [0.2, 0.25) is 0 Å². The third-order valence-corrected chi connectivity index (χ3v) is 4.46. The molecule has 1 aliphatic carbocycles. The first-order valence-corrected chi connectivity index (χ1v) is 7.87. The molecule has 4 nitrogen and oxygen atoms in total. The molecule has 2 aromatic rings. The lowest BCUT2D eigenvalue weighted by Crippen LogP contribution is -2.34. The van der Waals surface area contributed by atoms with E-state index < -0.39 is 5.97 Å². The highest BCUT2D eigenvalue weighted by Crippen LogP contribution is 2.29. The normalized spacial score (nSPS) is 16.7. The van der Waals surface area contributed by atoms with Crippen LogP contribution in [0.5, 0.6) is 5.75 Å². The van der Waals surface area contributed by atoms with Crippen molar-refractivity contribution in [1.82, 2.24) is 5.32 Å². The van der Waals surface area contributed by atoms with Crippen molar-refractivity contribution in [1.29, 1.82) is 0 Å². The average molecular weight is 311 g/mol. The summed E-state index contributed by atoms with van der Waals surface area (Å²) in [5.41, 5.74) is 4.11. The number of carboxylic acids is 1. The van der Waals surface area contributed by atoms with Crippen LogP contribution in [0.15, 0.2) is 42.5 Å². The number of rotatable bonds is 5. The molecular weight excluding hydrogens is 290 g/mol. The predicted molar refractivity (Wildman–Crippen MR) is 89.0 cm³/mol. The molecule has 0 amide bonds. The van der Waals surface area contributed by atoms with Crippen LogP contribution in [0.3, 0.4) is 0 Å². The van der Waals surface area contributed by atoms with Gasteiger partial charge < -0.3 is 15.2 Å². The van der Waals surface area contributed by atoms with Crippen LogP contribution in [0.1, 0.15) is 33.5 Å². The van der Waals surface area contributed by atoms with Crippen molar-refractivity contribution >= 4 is 5.97 Å². The van der Waals surface area contributed by atoms with Gasteiger partial charge in [0.1, 0.15) is 5.75 Å². The molecule has 3 rings (SSSR count). The summed E-state index contributed by atoms with van der Waals surface area (Å²) in [4.78, 5) is 10.9. The number of methoxy groups -OCH3 is 1. The van der Waals surface area contributed by atoms with Crippen molar-refractivity contribution in [3.8, 4) is 5.75 Å². The number of hydrogen-bond acceptors (Lipinski definition) is 3. The van der Waals surface area contributed by atoms with Crippen molar-refractivity contribution in [2.24, 2.45) is 0 Å². The Balaban J connectivity index is 1.62. The summed E-state index contributed by atoms with van der Waals surface area (Å²) in [6.45, 7) is 0.745. The molecule has 0 heterocycles. The number of fused-ring (bicyclic) bond motifs is 1. The number of aromatic carboxylic acids is 1. The molecule has 0 spiro atoms. The summed E-state index contributed by atoms with van der Waals surface area (Å²) in [6.07, 6.45) is 3.13. The summed E-state index contributed by atoms with van der Waals surface area (Å²) in [6, 6.07) is 13.7. The molecule has 1 unspecified atom stereocenters. The fourth-order valence-corrected chi connectivity index (χ4v) is 3.15. The molecule has 0 fully saturated rings. The maximum atomic E-state index is 10.9. The van der Waals surface area contributed by atoms with Crippen LogP contribution in [-0.4, -0.2) is 24.2 Å². The molecule has 120 valence electrons. The van der Waals surface area contributed by atoms with Gasteiger partial charge in [0.05, 0.1) is 12.7 Å². The fraction of sp³-hybridized carbons (Fsp3) is 0.316. The molecule has 23 heavy (non-hydrogen) atoms. The molecule has 0 saturated heterocycles. The van der Waals surface area contributed by atoms with Crippen LogP contribution in [-0.2, 0) is 19.4 Å². The third kappa shape index (κ3) is 3.54. The average Bonchev–Trinajstić information content (AvgIpc) is 2.59. The first-order valence-electron chi connectivity index (χ1n) is 7.87. The molecule has 0 bridgehead atoms. The molecule has 1 atom stereocenters. The van der Waals surface area contributed by atoms with Crippen molar-refractivity contribution in [3.63, 3.8) is 0 Å². The zero-order valence-electron chi connectivity index (χ0n) is 13.2. The Hall–Kier alpha value is -2.33. The second-order valence-electron chi connectivity index (χ2n) is 5.92. The number of ether oxygens (including phenoxy) is 1. The second-order valence-corrected chi connectivity index (χ2v) is 5.92. The van der Waals surface area contributed by atoms with Gasteiger partial charge in [-0.1, -0.05) is 24.3 Å². The molecule has 0 radical (unpaired) electrons. The minimum Gasteiger partial charge on any atom is -0.496 e. The van der Waals surface area contributed by atoms with E-state index in [0.717, 1.165) is 37.1 Å². The lowest BCUT2D eigenvalue weighted by Gasteiger charge is -2.27. The van der Waals surface area contributed by atoms with E-state index in [-0.39, 0.29) is 0 Å². The summed E-state index contributed by atoms with van der Waals surface area (Å²) >= 11 is 0. The van der Waals surface area contributed by atoms with Crippen LogP contribution in [0.4, 0.5) is 0 Å². The van der Waals surface area contributed by atoms with Gasteiger partial charge >= 0.3 is 5.97 Å². The number of aryl methyl sites for hydroxylation is 1. The van der Waals surface area contributed by atoms with E-state index in [9.17, 15) is 4.79 Å². The highest BCUT2D eigenvalue weighted by molar-refractivity contribution is 5.87. The van der Waals surface area contributed by atoms with E-state index in [0.29, 0.717) is 11.6 Å². The van der Waals surface area contributed by atoms with E-state index in [4.69, 9.17) is 9.84 Å². The van der Waals surface area contributed by atoms with E-state index in [1.165, 1.54) is 11.1 Å². The van der Waals surface area contributed by atoms with Gasteiger partial charge in [0.15, 0.2) is 0 Å². The monoisotopic (exact) mass is 311 g/mol. The third-order valence-electron chi connectivity index (χ3n) is 4.46. The van der Waals surface area contributed by atoms with Gasteiger partial charge in [-0.3, -0.25) is 0 Å². The number of carboxylic acid groups (broad SMARTS) is 1. The molecule has 1 aliphatic rings. The summed E-state index contributed by atoms with van der Waals surface area (Å²) in [5.74, 6) is 0.0836. The standard InChI is InChI=1S/C19H21NO3/c1-23-18-4-2-3-14-9-10-16(11-17(14)18)20-12-13-5-7-15(8-6-13)19(21)22/h2-8,16,20H,9-12H2,1H3,(H,21,22). The Morgan fingerprint density at radius 2 is 2.04 bits per heavy atom. The molecule has 0 saturated carbocycles. The van der Waals surface area contributed by atoms with Crippen LogP contribution < -0.4 is 10.1 Å². The smallest absolute Gasteiger partial charge is 0.335 e.